The van der Waals surface area contributed by atoms with Crippen LogP contribution < -0.4 is 5.32 Å². The number of carbonyl (C=O) groups is 1. The Morgan fingerprint density at radius 2 is 1.76 bits per heavy atom. The molecular weight excluding hydrogens is 486 g/mol. The third kappa shape index (κ3) is 5.58. The van der Waals surface area contributed by atoms with E-state index < -0.39 is 9.84 Å². The fourth-order valence-corrected chi connectivity index (χ4v) is 5.29. The zero-order valence-electron chi connectivity index (χ0n) is 21.3. The summed E-state index contributed by atoms with van der Waals surface area (Å²) in [6.45, 7) is 6.16. The first-order chi connectivity index (χ1) is 17.7. The minimum absolute atomic E-state index is 0.222. The lowest BCUT2D eigenvalue weighted by Gasteiger charge is -2.32. The number of hydrogen-bond donors (Lipinski definition) is 1. The second kappa shape index (κ2) is 10.1. The van der Waals surface area contributed by atoms with Gasteiger partial charge in [0.1, 0.15) is 5.65 Å². The Bertz CT molecular complexity index is 1550. The summed E-state index contributed by atoms with van der Waals surface area (Å²) in [6, 6.07) is 16.4. The standard InChI is InChI=1S/C28H31N5O3S/c1-20-5-4-12-33-19-26(30-27(20)33)21-6-8-23(9-7-21)29-28(34)25-11-10-24(37(3,35)36)17-22(25)18-32-15-13-31(2)14-16-32/h4-12,17,19H,13-16,18H2,1-3H3,(H,29,34). The van der Waals surface area contributed by atoms with Crippen LogP contribution in [-0.4, -0.2) is 73.0 Å². The number of carbonyl (C=O) groups excluding carboxylic acids is 1. The molecule has 0 aliphatic carbocycles. The molecular formula is C28H31N5O3S. The number of piperazine rings is 1. The second-order valence-corrected chi connectivity index (χ2v) is 11.8. The molecule has 192 valence electrons. The Hall–Kier alpha value is -3.53. The highest BCUT2D eigenvalue weighted by Crippen LogP contribution is 2.24. The highest BCUT2D eigenvalue weighted by Gasteiger charge is 2.20. The summed E-state index contributed by atoms with van der Waals surface area (Å²) >= 11 is 0. The van der Waals surface area contributed by atoms with Crippen LogP contribution in [-0.2, 0) is 16.4 Å². The van der Waals surface area contributed by atoms with E-state index in [1.807, 2.05) is 60.1 Å². The fourth-order valence-electron chi connectivity index (χ4n) is 4.62. The van der Waals surface area contributed by atoms with Gasteiger partial charge in [-0.05, 0) is 61.5 Å². The monoisotopic (exact) mass is 517 g/mol. The molecule has 1 saturated heterocycles. The Morgan fingerprint density at radius 3 is 2.43 bits per heavy atom. The van der Waals surface area contributed by atoms with Gasteiger partial charge in [0.05, 0.1) is 10.6 Å². The topological polar surface area (TPSA) is 87.0 Å². The van der Waals surface area contributed by atoms with E-state index in [1.54, 1.807) is 12.1 Å². The number of pyridine rings is 1. The Balaban J connectivity index is 1.37. The fraction of sp³-hybridized carbons (Fsp3) is 0.286. The number of rotatable bonds is 6. The predicted molar refractivity (Wildman–Crippen MR) is 146 cm³/mol. The summed E-state index contributed by atoms with van der Waals surface area (Å²) in [7, 11) is -1.30. The molecule has 1 fully saturated rings. The summed E-state index contributed by atoms with van der Waals surface area (Å²) in [5.41, 5.74) is 5.68. The van der Waals surface area contributed by atoms with Crippen molar-refractivity contribution in [2.24, 2.45) is 0 Å². The van der Waals surface area contributed by atoms with Crippen molar-refractivity contribution in [2.75, 3.05) is 44.8 Å². The van der Waals surface area contributed by atoms with Crippen LogP contribution in [0, 0.1) is 6.92 Å². The third-order valence-corrected chi connectivity index (χ3v) is 7.97. The van der Waals surface area contributed by atoms with Crippen molar-refractivity contribution in [1.82, 2.24) is 19.2 Å². The molecule has 0 atom stereocenters. The van der Waals surface area contributed by atoms with Crippen LogP contribution in [0.15, 0.2) is 71.9 Å². The maximum atomic E-state index is 13.3. The molecule has 2 aromatic heterocycles. The lowest BCUT2D eigenvalue weighted by atomic mass is 10.1. The number of nitrogens with zero attached hydrogens (tertiary/aromatic N) is 4. The molecule has 4 aromatic rings. The first-order valence-corrected chi connectivity index (χ1v) is 14.2. The maximum absolute atomic E-state index is 13.3. The molecule has 0 radical (unpaired) electrons. The summed E-state index contributed by atoms with van der Waals surface area (Å²) in [4.78, 5) is 22.8. The van der Waals surface area contributed by atoms with Crippen molar-refractivity contribution in [3.8, 4) is 11.3 Å². The van der Waals surface area contributed by atoms with Crippen molar-refractivity contribution in [3.05, 3.63) is 83.7 Å². The van der Waals surface area contributed by atoms with E-state index in [0.29, 0.717) is 23.4 Å². The van der Waals surface area contributed by atoms with E-state index >= 15 is 0 Å². The molecule has 0 bridgehead atoms. The minimum atomic E-state index is -3.39. The summed E-state index contributed by atoms with van der Waals surface area (Å²) in [6.07, 6.45) is 5.15. The largest absolute Gasteiger partial charge is 0.322 e. The molecule has 2 aromatic carbocycles. The van der Waals surface area contributed by atoms with Gasteiger partial charge in [0.2, 0.25) is 0 Å². The number of aryl methyl sites for hydroxylation is 1. The molecule has 1 aliphatic heterocycles. The minimum Gasteiger partial charge on any atom is -0.322 e. The van der Waals surface area contributed by atoms with Gasteiger partial charge in [-0.1, -0.05) is 18.2 Å². The van der Waals surface area contributed by atoms with Crippen LogP contribution in [0.4, 0.5) is 5.69 Å². The molecule has 1 amide bonds. The number of likely N-dealkylation sites (N-methyl/N-ethyl adjacent to an activating group) is 1. The second-order valence-electron chi connectivity index (χ2n) is 9.75. The average molecular weight is 518 g/mol. The number of sulfone groups is 1. The van der Waals surface area contributed by atoms with Gasteiger partial charge in [0, 0.05) is 68.2 Å². The third-order valence-electron chi connectivity index (χ3n) is 6.86. The zero-order chi connectivity index (χ0) is 26.2. The van der Waals surface area contributed by atoms with Crippen LogP contribution in [0.5, 0.6) is 0 Å². The molecule has 0 saturated carbocycles. The maximum Gasteiger partial charge on any atom is 0.255 e. The van der Waals surface area contributed by atoms with Crippen molar-refractivity contribution in [2.45, 2.75) is 18.4 Å². The highest BCUT2D eigenvalue weighted by molar-refractivity contribution is 7.90. The molecule has 1 aliphatic rings. The Labute approximate surface area is 217 Å². The van der Waals surface area contributed by atoms with Crippen molar-refractivity contribution in [1.29, 1.82) is 0 Å². The van der Waals surface area contributed by atoms with E-state index in [2.05, 4.69) is 22.2 Å². The van der Waals surface area contributed by atoms with E-state index in [9.17, 15) is 13.2 Å². The van der Waals surface area contributed by atoms with E-state index in [1.165, 1.54) is 12.3 Å². The number of amides is 1. The van der Waals surface area contributed by atoms with E-state index in [0.717, 1.165) is 48.6 Å². The molecule has 9 heteroatoms. The molecule has 5 rings (SSSR count). The van der Waals surface area contributed by atoms with Crippen molar-refractivity contribution in [3.63, 3.8) is 0 Å². The lowest BCUT2D eigenvalue weighted by molar-refractivity contribution is 0.102. The van der Waals surface area contributed by atoms with Crippen LogP contribution in [0.25, 0.3) is 16.9 Å². The number of aromatic nitrogens is 2. The van der Waals surface area contributed by atoms with Crippen LogP contribution in [0.1, 0.15) is 21.5 Å². The van der Waals surface area contributed by atoms with Gasteiger partial charge in [-0.25, -0.2) is 13.4 Å². The summed E-state index contributed by atoms with van der Waals surface area (Å²) in [5.74, 6) is -0.264. The quantitative estimate of drug-likeness (QED) is 0.420. The van der Waals surface area contributed by atoms with Gasteiger partial charge >= 0.3 is 0 Å². The number of fused-ring (bicyclic) bond motifs is 1. The van der Waals surface area contributed by atoms with Crippen molar-refractivity contribution >= 4 is 27.1 Å². The first kappa shape index (κ1) is 25.1. The number of nitrogens with one attached hydrogen (secondary N) is 1. The molecule has 3 heterocycles. The van der Waals surface area contributed by atoms with Crippen LogP contribution in [0.2, 0.25) is 0 Å². The van der Waals surface area contributed by atoms with Gasteiger partial charge in [-0.15, -0.1) is 0 Å². The Morgan fingerprint density at radius 1 is 1.03 bits per heavy atom. The van der Waals surface area contributed by atoms with E-state index in [4.69, 9.17) is 4.98 Å². The van der Waals surface area contributed by atoms with Crippen molar-refractivity contribution < 1.29 is 13.2 Å². The number of imidazole rings is 1. The molecule has 1 N–H and O–H groups in total. The predicted octanol–water partition coefficient (Wildman–Crippen LogP) is 3.71. The average Bonchev–Trinajstić information content (AvgIpc) is 3.31. The Kier molecular flexibility index (Phi) is 6.85. The number of benzene rings is 2. The molecule has 8 nitrogen and oxygen atoms in total. The smallest absolute Gasteiger partial charge is 0.255 e. The molecule has 0 spiro atoms. The number of hydrogen-bond acceptors (Lipinski definition) is 6. The van der Waals surface area contributed by atoms with Crippen LogP contribution in [0.3, 0.4) is 0 Å². The first-order valence-electron chi connectivity index (χ1n) is 12.3. The van der Waals surface area contributed by atoms with Gasteiger partial charge in [0.15, 0.2) is 9.84 Å². The van der Waals surface area contributed by atoms with Gasteiger partial charge in [-0.3, -0.25) is 9.69 Å². The normalized spacial score (nSPS) is 15.2. The molecule has 0 unspecified atom stereocenters. The number of anilines is 1. The SMILES string of the molecule is Cc1cccn2cc(-c3ccc(NC(=O)c4ccc(S(C)(=O)=O)cc4CN4CCN(C)CC4)cc3)nc12. The van der Waals surface area contributed by atoms with Crippen LogP contribution >= 0.6 is 0 Å². The van der Waals surface area contributed by atoms with Gasteiger partial charge < -0.3 is 14.6 Å². The highest BCUT2D eigenvalue weighted by atomic mass is 32.2. The lowest BCUT2D eigenvalue weighted by Crippen LogP contribution is -2.44. The zero-order valence-corrected chi connectivity index (χ0v) is 22.1. The summed E-state index contributed by atoms with van der Waals surface area (Å²) in [5, 5.41) is 2.97. The van der Waals surface area contributed by atoms with E-state index in [-0.39, 0.29) is 10.8 Å². The summed E-state index contributed by atoms with van der Waals surface area (Å²) < 4.78 is 26.4. The molecule has 37 heavy (non-hydrogen) atoms. The van der Waals surface area contributed by atoms with Gasteiger partial charge in [-0.2, -0.15) is 0 Å². The van der Waals surface area contributed by atoms with Gasteiger partial charge in [0.25, 0.3) is 5.91 Å².